The number of carboxylic acid groups (broad SMARTS) is 1. The van der Waals surface area contributed by atoms with Crippen molar-refractivity contribution in [3.63, 3.8) is 0 Å². The van der Waals surface area contributed by atoms with Crippen LogP contribution in [0.1, 0.15) is 51.1 Å². The summed E-state index contributed by atoms with van der Waals surface area (Å²) in [6.45, 7) is 8.00. The van der Waals surface area contributed by atoms with Crippen molar-refractivity contribution in [2.24, 2.45) is 17.3 Å². The van der Waals surface area contributed by atoms with E-state index in [0.717, 1.165) is 67.4 Å². The molecule has 0 unspecified atom stereocenters. The van der Waals surface area contributed by atoms with Crippen LogP contribution in [0.15, 0.2) is 30.5 Å². The number of carboxylic acids is 1. The number of aromatic nitrogens is 3. The maximum absolute atomic E-state index is 11.5. The summed E-state index contributed by atoms with van der Waals surface area (Å²) in [6.07, 6.45) is 5.85. The van der Waals surface area contributed by atoms with E-state index in [1.165, 1.54) is 12.8 Å². The van der Waals surface area contributed by atoms with E-state index < -0.39 is 11.4 Å². The second-order valence-corrected chi connectivity index (χ2v) is 12.5. The normalized spacial score (nSPS) is 27.1. The molecule has 0 radical (unpaired) electrons. The number of nitrogens with zero attached hydrogens (tertiary/aromatic N) is 4. The van der Waals surface area contributed by atoms with Crippen molar-refractivity contribution >= 4 is 52.0 Å². The number of aliphatic carboxylic acids is 1. The lowest BCUT2D eigenvalue weighted by atomic mass is 9.65. The minimum atomic E-state index is -0.657. The third-order valence-electron chi connectivity index (χ3n) is 8.93. The van der Waals surface area contributed by atoms with Crippen LogP contribution < -0.4 is 10.2 Å². The van der Waals surface area contributed by atoms with Crippen molar-refractivity contribution in [3.8, 4) is 0 Å². The molecular formula is C28H34Cl2N6O2. The molecule has 202 valence electrons. The molecule has 2 aliphatic heterocycles. The Balaban J connectivity index is 1.11. The van der Waals surface area contributed by atoms with E-state index in [4.69, 9.17) is 33.2 Å². The Kier molecular flexibility index (Phi) is 6.69. The predicted octanol–water partition coefficient (Wildman–Crippen LogP) is 5.84. The Morgan fingerprint density at radius 2 is 1.97 bits per heavy atom. The molecule has 0 spiro atoms. The number of anilines is 2. The molecule has 3 fully saturated rings. The fourth-order valence-corrected chi connectivity index (χ4v) is 7.03. The van der Waals surface area contributed by atoms with E-state index in [1.54, 1.807) is 6.07 Å². The molecule has 3 N–H and O–H groups in total. The molecule has 0 amide bonds. The number of H-pyrrole nitrogens is 1. The van der Waals surface area contributed by atoms with E-state index in [0.29, 0.717) is 27.9 Å². The molecule has 3 aromatic rings. The topological polar surface area (TPSA) is 97.4 Å². The lowest BCUT2D eigenvalue weighted by molar-refractivity contribution is -0.158. The monoisotopic (exact) mass is 556 g/mol. The summed E-state index contributed by atoms with van der Waals surface area (Å²) in [4.78, 5) is 29.4. The maximum Gasteiger partial charge on any atom is 0.309 e. The van der Waals surface area contributed by atoms with Crippen LogP contribution in [-0.2, 0) is 4.79 Å². The van der Waals surface area contributed by atoms with Gasteiger partial charge in [0.05, 0.1) is 17.0 Å². The average Bonchev–Trinajstić information content (AvgIpc) is 3.30. The summed E-state index contributed by atoms with van der Waals surface area (Å²) < 4.78 is 0. The van der Waals surface area contributed by atoms with Gasteiger partial charge in [0.1, 0.15) is 5.52 Å². The molecule has 1 saturated carbocycles. The van der Waals surface area contributed by atoms with Gasteiger partial charge in [0.15, 0.2) is 5.82 Å². The molecule has 2 atom stereocenters. The molecule has 0 bridgehead atoms. The Hall–Kier alpha value is -2.55. The minimum Gasteiger partial charge on any atom is -0.481 e. The zero-order chi connectivity index (χ0) is 26.6. The van der Waals surface area contributed by atoms with Crippen molar-refractivity contribution in [1.29, 1.82) is 0 Å². The molecule has 2 aromatic heterocycles. The Morgan fingerprint density at radius 1 is 1.18 bits per heavy atom. The molecule has 1 aromatic carbocycles. The van der Waals surface area contributed by atoms with E-state index in [9.17, 15) is 9.90 Å². The van der Waals surface area contributed by atoms with Gasteiger partial charge in [0.25, 0.3) is 0 Å². The quantitative estimate of drug-likeness (QED) is 0.336. The number of nitrogens with one attached hydrogen (secondary N) is 2. The van der Waals surface area contributed by atoms with E-state index in [2.05, 4.69) is 27.0 Å². The molecule has 38 heavy (non-hydrogen) atoms. The summed E-state index contributed by atoms with van der Waals surface area (Å²) in [5.41, 5.74) is 2.17. The lowest BCUT2D eigenvalue weighted by Crippen LogP contribution is -2.58. The van der Waals surface area contributed by atoms with Crippen LogP contribution in [0.25, 0.3) is 11.0 Å². The predicted molar refractivity (Wildman–Crippen MR) is 151 cm³/mol. The second kappa shape index (κ2) is 9.88. The third kappa shape index (κ3) is 4.71. The van der Waals surface area contributed by atoms with Gasteiger partial charge in [-0.3, -0.25) is 4.79 Å². The average molecular weight is 558 g/mol. The molecule has 8 nitrogen and oxygen atoms in total. The van der Waals surface area contributed by atoms with E-state index in [-0.39, 0.29) is 6.04 Å². The third-order valence-corrected chi connectivity index (χ3v) is 9.49. The van der Waals surface area contributed by atoms with Crippen molar-refractivity contribution in [2.45, 2.75) is 51.6 Å². The minimum absolute atomic E-state index is 0.0686. The zero-order valence-corrected chi connectivity index (χ0v) is 23.3. The zero-order valence-electron chi connectivity index (χ0n) is 21.8. The van der Waals surface area contributed by atoms with Crippen molar-refractivity contribution in [2.75, 3.05) is 36.4 Å². The van der Waals surface area contributed by atoms with Crippen LogP contribution in [0.4, 0.5) is 11.8 Å². The first-order valence-corrected chi connectivity index (χ1v) is 14.2. The Labute approximate surface area is 232 Å². The number of rotatable bonds is 7. The molecule has 1 aliphatic carbocycles. The first kappa shape index (κ1) is 25.7. The highest BCUT2D eigenvalue weighted by atomic mass is 35.5. The fourth-order valence-electron chi connectivity index (χ4n) is 6.46. The Bertz CT molecular complexity index is 1350. The lowest BCUT2D eigenvalue weighted by Gasteiger charge is -2.52. The first-order valence-electron chi connectivity index (χ1n) is 13.5. The van der Waals surface area contributed by atoms with Gasteiger partial charge in [-0.25, -0.2) is 4.98 Å². The summed E-state index contributed by atoms with van der Waals surface area (Å²) >= 11 is 12.5. The molecule has 10 heteroatoms. The van der Waals surface area contributed by atoms with Crippen LogP contribution in [0, 0.1) is 17.3 Å². The van der Waals surface area contributed by atoms with Gasteiger partial charge in [-0.1, -0.05) is 29.3 Å². The number of halogens is 2. The molecular weight excluding hydrogens is 523 g/mol. The summed E-state index contributed by atoms with van der Waals surface area (Å²) in [6, 6.07) is 7.87. The van der Waals surface area contributed by atoms with E-state index >= 15 is 0 Å². The van der Waals surface area contributed by atoms with Gasteiger partial charge in [0.2, 0.25) is 5.95 Å². The molecule has 3 aliphatic rings. The highest BCUT2D eigenvalue weighted by Crippen LogP contribution is 2.45. The maximum atomic E-state index is 11.5. The van der Waals surface area contributed by atoms with Crippen molar-refractivity contribution < 1.29 is 9.90 Å². The molecule has 2 saturated heterocycles. The number of carbonyl (C=O) groups is 1. The van der Waals surface area contributed by atoms with Crippen molar-refractivity contribution in [3.05, 3.63) is 46.1 Å². The van der Waals surface area contributed by atoms with Gasteiger partial charge in [0, 0.05) is 41.9 Å². The van der Waals surface area contributed by atoms with E-state index in [1.807, 2.05) is 31.3 Å². The first-order chi connectivity index (χ1) is 18.2. The van der Waals surface area contributed by atoms with Gasteiger partial charge in [-0.15, -0.1) is 0 Å². The number of fused-ring (bicyclic) bond motifs is 1. The van der Waals surface area contributed by atoms with Crippen LogP contribution in [0.5, 0.6) is 0 Å². The number of aromatic amines is 1. The van der Waals surface area contributed by atoms with Gasteiger partial charge in [-0.05, 0) is 81.7 Å². The van der Waals surface area contributed by atoms with Gasteiger partial charge >= 0.3 is 5.97 Å². The largest absolute Gasteiger partial charge is 0.481 e. The SMILES string of the molecule is C[C@@H](Nc1nc(N2CC([C@H]3CCCN(C4CC(C)(C(=O)O)C4)C3)C2)nc2cc[nH]c12)c1ccc(Cl)cc1Cl. The van der Waals surface area contributed by atoms with Crippen LogP contribution in [0.3, 0.4) is 0 Å². The summed E-state index contributed by atoms with van der Waals surface area (Å²) in [7, 11) is 0. The van der Waals surface area contributed by atoms with Crippen molar-refractivity contribution in [1.82, 2.24) is 19.9 Å². The van der Waals surface area contributed by atoms with Crippen LogP contribution >= 0.6 is 23.2 Å². The highest BCUT2D eigenvalue weighted by Gasteiger charge is 2.49. The van der Waals surface area contributed by atoms with Gasteiger partial charge < -0.3 is 25.2 Å². The smallest absolute Gasteiger partial charge is 0.309 e. The fraction of sp³-hybridized carbons (Fsp3) is 0.536. The summed E-state index contributed by atoms with van der Waals surface area (Å²) in [5, 5.41) is 14.2. The summed E-state index contributed by atoms with van der Waals surface area (Å²) in [5.74, 6) is 2.09. The highest BCUT2D eigenvalue weighted by molar-refractivity contribution is 6.35. The number of likely N-dealkylation sites (tertiary alicyclic amines) is 1. The second-order valence-electron chi connectivity index (χ2n) is 11.6. The van der Waals surface area contributed by atoms with Gasteiger partial charge in [-0.2, -0.15) is 4.98 Å². The number of hydrogen-bond acceptors (Lipinski definition) is 6. The standard InChI is InChI=1S/C28H34Cl2N6O2/c1-16(21-6-5-19(29)10-22(21)30)32-25-24-23(7-8-31-24)33-27(34-25)36-14-18(15-36)17-4-3-9-35(13-17)20-11-28(2,12-20)26(37)38/h5-8,10,16-18,20,31H,3-4,9,11-15H2,1-2H3,(H,37,38)(H,32,33,34)/t16-,17+,20?,28?/m1/s1. The number of hydrogen-bond donors (Lipinski definition) is 3. The Morgan fingerprint density at radius 3 is 2.71 bits per heavy atom. The molecule has 4 heterocycles. The number of piperidine rings is 1. The van der Waals surface area contributed by atoms with Crippen LogP contribution in [-0.4, -0.2) is 63.1 Å². The molecule has 6 rings (SSSR count). The van der Waals surface area contributed by atoms with Crippen LogP contribution in [0.2, 0.25) is 10.0 Å². The number of benzene rings is 1.